The van der Waals surface area contributed by atoms with Crippen LogP contribution < -0.4 is 0 Å². The summed E-state index contributed by atoms with van der Waals surface area (Å²) in [7, 11) is 0. The third-order valence-corrected chi connectivity index (χ3v) is 1.90. The van der Waals surface area contributed by atoms with Crippen molar-refractivity contribution in [1.29, 1.82) is 5.26 Å². The summed E-state index contributed by atoms with van der Waals surface area (Å²) in [6, 6.07) is 11.8. The molecular formula is C11H13NO. The van der Waals surface area contributed by atoms with Gasteiger partial charge in [-0.1, -0.05) is 30.3 Å². The van der Waals surface area contributed by atoms with E-state index in [1.54, 1.807) is 0 Å². The Morgan fingerprint density at radius 2 is 2.00 bits per heavy atom. The number of benzene rings is 1. The van der Waals surface area contributed by atoms with Crippen molar-refractivity contribution in [1.82, 2.24) is 0 Å². The summed E-state index contributed by atoms with van der Waals surface area (Å²) in [6.07, 6.45) is 1.24. The number of hydrogen-bond donors (Lipinski definition) is 1. The minimum absolute atomic E-state index is 0.387. The van der Waals surface area contributed by atoms with Gasteiger partial charge in [-0.25, -0.2) is 0 Å². The normalized spacial score (nSPS) is 12.0. The molecule has 0 saturated heterocycles. The van der Waals surface area contributed by atoms with E-state index in [4.69, 9.17) is 5.26 Å². The van der Waals surface area contributed by atoms with Crippen LogP contribution in [0.4, 0.5) is 0 Å². The van der Waals surface area contributed by atoms with Crippen LogP contribution in [0.15, 0.2) is 30.3 Å². The summed E-state index contributed by atoms with van der Waals surface area (Å²) >= 11 is 0. The molecule has 0 amide bonds. The third-order valence-electron chi connectivity index (χ3n) is 1.90. The molecule has 0 aliphatic carbocycles. The summed E-state index contributed by atoms with van der Waals surface area (Å²) in [5.74, 6) is 0. The lowest BCUT2D eigenvalue weighted by molar-refractivity contribution is 0.166. The van der Waals surface area contributed by atoms with Gasteiger partial charge in [-0.3, -0.25) is 0 Å². The van der Waals surface area contributed by atoms with Crippen molar-refractivity contribution in [3.05, 3.63) is 35.9 Å². The number of aliphatic hydroxyl groups is 1. The largest absolute Gasteiger partial charge is 0.393 e. The van der Waals surface area contributed by atoms with E-state index in [0.717, 1.165) is 5.56 Å². The monoisotopic (exact) mass is 175 g/mol. The van der Waals surface area contributed by atoms with Gasteiger partial charge in [-0.05, 0) is 18.4 Å². The number of nitriles is 1. The molecule has 0 heterocycles. The summed E-state index contributed by atoms with van der Waals surface area (Å²) < 4.78 is 0. The second kappa shape index (κ2) is 5.34. The number of aliphatic hydroxyl groups excluding tert-OH is 1. The second-order valence-electron chi connectivity index (χ2n) is 3.04. The highest BCUT2D eigenvalue weighted by Crippen LogP contribution is 2.06. The van der Waals surface area contributed by atoms with Crippen molar-refractivity contribution in [3.63, 3.8) is 0 Å². The van der Waals surface area contributed by atoms with Crippen LogP contribution in [-0.2, 0) is 6.42 Å². The topological polar surface area (TPSA) is 44.0 Å². The Hall–Kier alpha value is -1.33. The summed E-state index contributed by atoms with van der Waals surface area (Å²) in [5, 5.41) is 17.8. The van der Waals surface area contributed by atoms with E-state index in [-0.39, 0.29) is 6.10 Å². The molecule has 0 fully saturated rings. The first kappa shape index (κ1) is 9.76. The molecule has 1 unspecified atom stereocenters. The average Bonchev–Trinajstić information content (AvgIpc) is 2.16. The van der Waals surface area contributed by atoms with Gasteiger partial charge < -0.3 is 5.11 Å². The van der Waals surface area contributed by atoms with E-state index in [0.29, 0.717) is 19.3 Å². The molecule has 2 heteroatoms. The molecule has 0 aliphatic rings. The quantitative estimate of drug-likeness (QED) is 0.759. The molecule has 0 saturated carbocycles. The molecule has 1 N–H and O–H groups in total. The molecule has 0 bridgehead atoms. The number of nitrogens with zero attached hydrogens (tertiary/aromatic N) is 1. The van der Waals surface area contributed by atoms with E-state index in [9.17, 15) is 5.11 Å². The van der Waals surface area contributed by atoms with Gasteiger partial charge in [0.2, 0.25) is 0 Å². The molecule has 0 aromatic heterocycles. The van der Waals surface area contributed by atoms with Crippen LogP contribution in [0.25, 0.3) is 0 Å². The van der Waals surface area contributed by atoms with Gasteiger partial charge in [0.05, 0.1) is 12.2 Å². The predicted octanol–water partition coefficient (Wildman–Crippen LogP) is 1.89. The Labute approximate surface area is 78.4 Å². The first-order valence-electron chi connectivity index (χ1n) is 4.42. The molecule has 1 atom stereocenters. The molecule has 1 rings (SSSR count). The first-order chi connectivity index (χ1) is 6.33. The fourth-order valence-corrected chi connectivity index (χ4v) is 1.22. The van der Waals surface area contributed by atoms with Crippen LogP contribution in [0.3, 0.4) is 0 Å². The minimum Gasteiger partial charge on any atom is -0.393 e. The zero-order valence-corrected chi connectivity index (χ0v) is 7.48. The van der Waals surface area contributed by atoms with Crippen LogP contribution in [-0.4, -0.2) is 11.2 Å². The first-order valence-corrected chi connectivity index (χ1v) is 4.42. The van der Waals surface area contributed by atoms with Gasteiger partial charge in [0.15, 0.2) is 0 Å². The molecule has 0 spiro atoms. The third kappa shape index (κ3) is 3.73. The minimum atomic E-state index is -0.387. The Balaban J connectivity index is 2.37. The fraction of sp³-hybridized carbons (Fsp3) is 0.364. The van der Waals surface area contributed by atoms with Crippen LogP contribution in [0.2, 0.25) is 0 Å². The van der Waals surface area contributed by atoms with Crippen molar-refractivity contribution in [3.8, 4) is 6.07 Å². The average molecular weight is 175 g/mol. The smallest absolute Gasteiger partial charge is 0.0622 e. The maximum absolute atomic E-state index is 9.48. The lowest BCUT2D eigenvalue weighted by Gasteiger charge is -2.07. The molecule has 0 radical (unpaired) electrons. The second-order valence-corrected chi connectivity index (χ2v) is 3.04. The Morgan fingerprint density at radius 1 is 1.31 bits per heavy atom. The maximum Gasteiger partial charge on any atom is 0.0622 e. The van der Waals surface area contributed by atoms with Gasteiger partial charge in [-0.2, -0.15) is 5.26 Å². The van der Waals surface area contributed by atoms with Crippen molar-refractivity contribution in [2.24, 2.45) is 0 Å². The molecule has 1 aromatic carbocycles. The van der Waals surface area contributed by atoms with Crippen LogP contribution >= 0.6 is 0 Å². The SMILES string of the molecule is N#CCCC(O)Cc1ccccc1. The van der Waals surface area contributed by atoms with Crippen LogP contribution in [0.5, 0.6) is 0 Å². The molecule has 2 nitrogen and oxygen atoms in total. The standard InChI is InChI=1S/C11H13NO/c12-8-4-7-11(13)9-10-5-2-1-3-6-10/h1-3,5-6,11,13H,4,7,9H2. The molecule has 1 aromatic rings. The molecular weight excluding hydrogens is 162 g/mol. The van der Waals surface area contributed by atoms with Gasteiger partial charge in [0.25, 0.3) is 0 Å². The zero-order valence-electron chi connectivity index (χ0n) is 7.48. The van der Waals surface area contributed by atoms with Crippen LogP contribution in [0, 0.1) is 11.3 Å². The van der Waals surface area contributed by atoms with Gasteiger partial charge >= 0.3 is 0 Å². The molecule has 0 aliphatic heterocycles. The highest BCUT2D eigenvalue weighted by molar-refractivity contribution is 5.15. The van der Waals surface area contributed by atoms with Crippen molar-refractivity contribution >= 4 is 0 Å². The Kier molecular flexibility index (Phi) is 4.01. The zero-order chi connectivity index (χ0) is 9.52. The van der Waals surface area contributed by atoms with E-state index in [1.807, 2.05) is 36.4 Å². The van der Waals surface area contributed by atoms with E-state index in [2.05, 4.69) is 0 Å². The van der Waals surface area contributed by atoms with Crippen molar-refractivity contribution in [2.75, 3.05) is 0 Å². The lowest BCUT2D eigenvalue weighted by atomic mass is 10.1. The number of rotatable bonds is 4. The molecule has 68 valence electrons. The summed E-state index contributed by atoms with van der Waals surface area (Å²) in [5.41, 5.74) is 1.12. The predicted molar refractivity (Wildman–Crippen MR) is 51.0 cm³/mol. The highest BCUT2D eigenvalue weighted by Gasteiger charge is 2.03. The van der Waals surface area contributed by atoms with E-state index in [1.165, 1.54) is 0 Å². The summed E-state index contributed by atoms with van der Waals surface area (Å²) in [4.78, 5) is 0. The maximum atomic E-state index is 9.48. The van der Waals surface area contributed by atoms with E-state index < -0.39 is 0 Å². The fourth-order valence-electron chi connectivity index (χ4n) is 1.22. The highest BCUT2D eigenvalue weighted by atomic mass is 16.3. The van der Waals surface area contributed by atoms with Gasteiger partial charge in [0, 0.05) is 6.42 Å². The number of hydrogen-bond acceptors (Lipinski definition) is 2. The van der Waals surface area contributed by atoms with Crippen LogP contribution in [0.1, 0.15) is 18.4 Å². The lowest BCUT2D eigenvalue weighted by Crippen LogP contribution is -2.09. The van der Waals surface area contributed by atoms with Crippen molar-refractivity contribution in [2.45, 2.75) is 25.4 Å². The van der Waals surface area contributed by atoms with Gasteiger partial charge in [0.1, 0.15) is 0 Å². The Morgan fingerprint density at radius 3 is 2.62 bits per heavy atom. The van der Waals surface area contributed by atoms with Crippen molar-refractivity contribution < 1.29 is 5.11 Å². The summed E-state index contributed by atoms with van der Waals surface area (Å²) in [6.45, 7) is 0. The van der Waals surface area contributed by atoms with Gasteiger partial charge in [-0.15, -0.1) is 0 Å². The van der Waals surface area contributed by atoms with E-state index >= 15 is 0 Å². The molecule has 13 heavy (non-hydrogen) atoms. The Bertz CT molecular complexity index is 276.